The molecule has 0 atom stereocenters. The third kappa shape index (κ3) is 1.58. The van der Waals surface area contributed by atoms with E-state index in [0.717, 1.165) is 6.07 Å². The molecule has 7 heteroatoms. The maximum Gasteiger partial charge on any atom is 0.194 e. The molecule has 0 aliphatic carbocycles. The molecule has 2 aromatic rings. The van der Waals surface area contributed by atoms with Crippen LogP contribution >= 0.6 is 15.9 Å². The highest BCUT2D eigenvalue weighted by Gasteiger charge is 2.20. The molecule has 0 saturated carbocycles. The smallest absolute Gasteiger partial charge is 0.194 e. The molecule has 0 fully saturated rings. The first kappa shape index (κ1) is 10.7. The Hall–Kier alpha value is -1.76. The number of anilines is 1. The maximum absolute atomic E-state index is 13.6. The largest absolute Gasteiger partial charge is 0.504 e. The molecule has 16 heavy (non-hydrogen) atoms. The Kier molecular flexibility index (Phi) is 2.47. The number of hydrogen-bond acceptors (Lipinski definition) is 5. The van der Waals surface area contributed by atoms with Gasteiger partial charge in [-0.2, -0.15) is 0 Å². The first-order valence-electron chi connectivity index (χ1n) is 4.13. The molecule has 84 valence electrons. The van der Waals surface area contributed by atoms with Crippen LogP contribution in [-0.2, 0) is 0 Å². The number of nitrogens with zero attached hydrogens (tertiary/aromatic N) is 1. The second-order valence-electron chi connectivity index (χ2n) is 3.03. The topological polar surface area (TPSA) is 92.5 Å². The summed E-state index contributed by atoms with van der Waals surface area (Å²) in [5, 5.41) is 21.8. The van der Waals surface area contributed by atoms with Gasteiger partial charge in [-0.05, 0) is 22.0 Å². The summed E-state index contributed by atoms with van der Waals surface area (Å²) in [5.74, 6) is -2.29. The fourth-order valence-electron chi connectivity index (χ4n) is 1.23. The summed E-state index contributed by atoms with van der Waals surface area (Å²) in [7, 11) is 0. The van der Waals surface area contributed by atoms with Crippen molar-refractivity contribution in [3.63, 3.8) is 0 Å². The number of benzene rings is 1. The van der Waals surface area contributed by atoms with Crippen LogP contribution in [0.1, 0.15) is 0 Å². The molecule has 0 unspecified atom stereocenters. The van der Waals surface area contributed by atoms with Crippen LogP contribution in [0.15, 0.2) is 21.1 Å². The lowest BCUT2D eigenvalue weighted by atomic mass is 10.1. The molecule has 4 N–H and O–H groups in total. The summed E-state index contributed by atoms with van der Waals surface area (Å²) in [6.07, 6.45) is 0. The highest BCUT2D eigenvalue weighted by atomic mass is 79.9. The van der Waals surface area contributed by atoms with E-state index in [2.05, 4.69) is 21.1 Å². The average Bonchev–Trinajstić information content (AvgIpc) is 2.61. The molecule has 0 aliphatic heterocycles. The van der Waals surface area contributed by atoms with Gasteiger partial charge in [0.25, 0.3) is 0 Å². The molecule has 5 nitrogen and oxygen atoms in total. The minimum atomic E-state index is -1.01. The maximum atomic E-state index is 13.6. The lowest BCUT2D eigenvalue weighted by Crippen LogP contribution is -1.87. The first-order valence-corrected chi connectivity index (χ1v) is 4.92. The summed E-state index contributed by atoms with van der Waals surface area (Å²) in [6, 6.07) is 2.45. The number of aromatic hydroxyl groups is 2. The Bertz CT molecular complexity index is 556. The van der Waals surface area contributed by atoms with E-state index in [0.29, 0.717) is 0 Å². The number of phenols is 2. The molecule has 0 spiro atoms. The third-order valence-electron chi connectivity index (χ3n) is 1.95. The SMILES string of the molecule is Nc1cc(-c2c(Br)cc(O)c(O)c2F)on1. The van der Waals surface area contributed by atoms with Crippen LogP contribution in [0.2, 0.25) is 0 Å². The number of nitrogen functional groups attached to an aromatic ring is 1. The Morgan fingerprint density at radius 3 is 2.62 bits per heavy atom. The zero-order valence-corrected chi connectivity index (χ0v) is 9.32. The van der Waals surface area contributed by atoms with Crippen LogP contribution in [0.25, 0.3) is 11.3 Å². The van der Waals surface area contributed by atoms with Crippen molar-refractivity contribution in [3.8, 4) is 22.8 Å². The molecule has 0 radical (unpaired) electrons. The molecule has 1 aromatic carbocycles. The van der Waals surface area contributed by atoms with E-state index in [9.17, 15) is 9.50 Å². The van der Waals surface area contributed by atoms with Crippen LogP contribution in [0.5, 0.6) is 11.5 Å². The van der Waals surface area contributed by atoms with Gasteiger partial charge in [-0.25, -0.2) is 4.39 Å². The van der Waals surface area contributed by atoms with Gasteiger partial charge in [0, 0.05) is 10.5 Å². The van der Waals surface area contributed by atoms with E-state index in [-0.39, 0.29) is 21.6 Å². The van der Waals surface area contributed by atoms with Crippen LogP contribution in [-0.4, -0.2) is 15.4 Å². The first-order chi connectivity index (χ1) is 7.50. The molecule has 1 aromatic heterocycles. The second-order valence-corrected chi connectivity index (χ2v) is 3.89. The highest BCUT2D eigenvalue weighted by Crippen LogP contribution is 2.41. The van der Waals surface area contributed by atoms with Gasteiger partial charge in [0.2, 0.25) is 0 Å². The molecule has 0 saturated heterocycles. The minimum absolute atomic E-state index is 0.0529. The van der Waals surface area contributed by atoms with Crippen molar-refractivity contribution in [2.75, 3.05) is 5.73 Å². The van der Waals surface area contributed by atoms with Gasteiger partial charge in [-0.1, -0.05) is 5.16 Å². The van der Waals surface area contributed by atoms with Gasteiger partial charge in [0.05, 0.1) is 5.56 Å². The number of halogens is 2. The predicted molar refractivity (Wildman–Crippen MR) is 57.3 cm³/mol. The van der Waals surface area contributed by atoms with Crippen molar-refractivity contribution < 1.29 is 19.1 Å². The van der Waals surface area contributed by atoms with Crippen molar-refractivity contribution in [2.24, 2.45) is 0 Å². The van der Waals surface area contributed by atoms with E-state index in [1.54, 1.807) is 0 Å². The minimum Gasteiger partial charge on any atom is -0.504 e. The lowest BCUT2D eigenvalue weighted by molar-refractivity contribution is 0.377. The molecule has 0 aliphatic rings. The highest BCUT2D eigenvalue weighted by molar-refractivity contribution is 9.10. The summed E-state index contributed by atoms with van der Waals surface area (Å²) < 4.78 is 18.6. The molecule has 0 bridgehead atoms. The number of nitrogens with two attached hydrogens (primary N) is 1. The summed E-state index contributed by atoms with van der Waals surface area (Å²) >= 11 is 3.04. The molecular formula is C9H6BrFN2O3. The summed E-state index contributed by atoms with van der Waals surface area (Å²) in [4.78, 5) is 0. The Labute approximate surface area is 97.4 Å². The summed E-state index contributed by atoms with van der Waals surface area (Å²) in [6.45, 7) is 0. The van der Waals surface area contributed by atoms with E-state index in [1.165, 1.54) is 6.07 Å². The third-order valence-corrected chi connectivity index (χ3v) is 2.57. The molecule has 2 rings (SSSR count). The number of rotatable bonds is 1. The van der Waals surface area contributed by atoms with Gasteiger partial charge < -0.3 is 20.5 Å². The van der Waals surface area contributed by atoms with Crippen LogP contribution in [0.3, 0.4) is 0 Å². The van der Waals surface area contributed by atoms with Gasteiger partial charge in [0.15, 0.2) is 28.9 Å². The molecule has 1 heterocycles. The second kappa shape index (κ2) is 3.67. The van der Waals surface area contributed by atoms with Gasteiger partial charge in [-0.15, -0.1) is 0 Å². The normalized spacial score (nSPS) is 10.6. The zero-order chi connectivity index (χ0) is 11.9. The number of phenolic OH excluding ortho intramolecular Hbond substituents is 2. The van der Waals surface area contributed by atoms with Gasteiger partial charge in [0.1, 0.15) is 0 Å². The fraction of sp³-hybridized carbons (Fsp3) is 0. The molecular weight excluding hydrogens is 283 g/mol. The number of aromatic nitrogens is 1. The van der Waals surface area contributed by atoms with Crippen molar-refractivity contribution in [3.05, 3.63) is 22.4 Å². The Morgan fingerprint density at radius 1 is 1.38 bits per heavy atom. The zero-order valence-electron chi connectivity index (χ0n) is 7.74. The van der Waals surface area contributed by atoms with E-state index in [4.69, 9.17) is 15.4 Å². The van der Waals surface area contributed by atoms with Crippen LogP contribution < -0.4 is 5.73 Å². The standard InChI is InChI=1S/C9H6BrFN2O3/c10-3-1-4(14)9(15)8(11)7(3)5-2-6(12)13-16-5/h1-2,14-15H,(H2,12,13). The van der Waals surface area contributed by atoms with E-state index in [1.807, 2.05) is 0 Å². The van der Waals surface area contributed by atoms with Crippen molar-refractivity contribution in [1.82, 2.24) is 5.16 Å². The Balaban J connectivity index is 2.70. The average molecular weight is 289 g/mol. The number of hydrogen-bond donors (Lipinski definition) is 3. The summed E-state index contributed by atoms with van der Waals surface area (Å²) in [5.41, 5.74) is 5.27. The van der Waals surface area contributed by atoms with Gasteiger partial charge in [-0.3, -0.25) is 0 Å². The quantitative estimate of drug-likeness (QED) is 0.700. The predicted octanol–water partition coefficient (Wildman–Crippen LogP) is 2.24. The van der Waals surface area contributed by atoms with Crippen molar-refractivity contribution in [2.45, 2.75) is 0 Å². The lowest BCUT2D eigenvalue weighted by Gasteiger charge is -2.05. The fourth-order valence-corrected chi connectivity index (χ4v) is 1.82. The van der Waals surface area contributed by atoms with Crippen LogP contribution in [0, 0.1) is 5.82 Å². The van der Waals surface area contributed by atoms with E-state index < -0.39 is 17.3 Å². The molecule has 0 amide bonds. The van der Waals surface area contributed by atoms with Crippen molar-refractivity contribution in [1.29, 1.82) is 0 Å². The monoisotopic (exact) mass is 288 g/mol. The van der Waals surface area contributed by atoms with Crippen LogP contribution in [0.4, 0.5) is 10.2 Å². The van der Waals surface area contributed by atoms with Crippen molar-refractivity contribution >= 4 is 21.7 Å². The van der Waals surface area contributed by atoms with E-state index >= 15 is 0 Å². The van der Waals surface area contributed by atoms with Gasteiger partial charge >= 0.3 is 0 Å². The Morgan fingerprint density at radius 2 is 2.06 bits per heavy atom.